The van der Waals surface area contributed by atoms with Gasteiger partial charge in [0.2, 0.25) is 6.33 Å². The van der Waals surface area contributed by atoms with Crippen LogP contribution in [0.15, 0.2) is 60.9 Å². The Morgan fingerprint density at radius 2 is 1.87 bits per heavy atom. The summed E-state index contributed by atoms with van der Waals surface area (Å²) in [7, 11) is 1.96. The number of hydrogen-bond acceptors (Lipinski definition) is 2. The molecule has 0 aliphatic rings. The molecule has 5 heteroatoms. The molecule has 1 aromatic heterocycles. The molecule has 0 aliphatic carbocycles. The van der Waals surface area contributed by atoms with Crippen LogP contribution in [-0.2, 0) is 18.4 Å². The van der Waals surface area contributed by atoms with Crippen molar-refractivity contribution in [2.24, 2.45) is 7.05 Å². The molecule has 0 saturated heterocycles. The Morgan fingerprint density at radius 1 is 1.17 bits per heavy atom. The lowest BCUT2D eigenvalue weighted by atomic mass is 10.1. The number of aromatic nitrogens is 2. The highest BCUT2D eigenvalue weighted by Crippen LogP contribution is 2.13. The smallest absolute Gasteiger partial charge is 0.262 e. The van der Waals surface area contributed by atoms with Gasteiger partial charge in [-0.1, -0.05) is 42.5 Å². The van der Waals surface area contributed by atoms with Crippen LogP contribution in [0, 0.1) is 0 Å². The Kier molecular flexibility index (Phi) is 4.39. The number of hydrogen-bond donors (Lipinski definition) is 2. The molecule has 0 fully saturated rings. The molecule has 0 spiro atoms. The first-order chi connectivity index (χ1) is 11.2. The zero-order valence-corrected chi connectivity index (χ0v) is 13.0. The molecule has 0 bridgehead atoms. The normalized spacial score (nSPS) is 12.3. The van der Waals surface area contributed by atoms with Gasteiger partial charge in [0.25, 0.3) is 5.91 Å². The lowest BCUT2D eigenvalue weighted by molar-refractivity contribution is -0.645. The summed E-state index contributed by atoms with van der Waals surface area (Å²) in [6.45, 7) is 0.0840. The Hall–Kier alpha value is -2.66. The quantitative estimate of drug-likeness (QED) is 0.698. The molecule has 2 aromatic carbocycles. The number of imidazole rings is 1. The number of nitrogens with zero attached hydrogens (tertiary/aromatic N) is 2. The number of amides is 1. The Morgan fingerprint density at radius 3 is 2.61 bits per heavy atom. The molecule has 0 saturated carbocycles. The molecule has 2 N–H and O–H groups in total. The molecule has 0 aliphatic heterocycles. The lowest BCUT2D eigenvalue weighted by Gasteiger charge is -2.16. The van der Waals surface area contributed by atoms with Gasteiger partial charge in [0.05, 0.1) is 19.7 Å². The number of carbonyl (C=O) groups excluding carboxylic acids is 1. The third-order valence-electron chi connectivity index (χ3n) is 3.92. The maximum Gasteiger partial charge on any atom is 0.262 e. The second-order valence-electron chi connectivity index (χ2n) is 5.56. The number of fused-ring (bicyclic) bond motifs is 1. The van der Waals surface area contributed by atoms with Gasteiger partial charge in [-0.2, -0.15) is 0 Å². The van der Waals surface area contributed by atoms with Gasteiger partial charge in [-0.05, 0) is 17.7 Å². The number of rotatable bonds is 5. The summed E-state index contributed by atoms with van der Waals surface area (Å²) in [6, 6.07) is 17.0. The maximum absolute atomic E-state index is 12.4. The lowest BCUT2D eigenvalue weighted by Crippen LogP contribution is -2.33. The fourth-order valence-corrected chi connectivity index (χ4v) is 2.78. The van der Waals surface area contributed by atoms with Crippen molar-refractivity contribution in [1.29, 1.82) is 0 Å². The molecule has 0 radical (unpaired) electrons. The Labute approximate surface area is 134 Å². The van der Waals surface area contributed by atoms with E-state index >= 15 is 0 Å². The van der Waals surface area contributed by atoms with Crippen molar-refractivity contribution in [2.45, 2.75) is 12.6 Å². The minimum atomic E-state index is -0.390. The van der Waals surface area contributed by atoms with Crippen molar-refractivity contribution in [3.63, 3.8) is 0 Å². The summed E-state index contributed by atoms with van der Waals surface area (Å²) in [5, 5.41) is 12.4. The van der Waals surface area contributed by atoms with Gasteiger partial charge in [-0.15, -0.1) is 0 Å². The topological polar surface area (TPSA) is 58.1 Å². The van der Waals surface area contributed by atoms with E-state index in [0.29, 0.717) is 0 Å². The number of benzene rings is 2. The highest BCUT2D eigenvalue weighted by molar-refractivity contribution is 5.79. The number of nitrogens with one attached hydrogen (secondary N) is 1. The molecule has 0 unspecified atom stereocenters. The predicted molar refractivity (Wildman–Crippen MR) is 87.5 cm³/mol. The molecule has 1 heterocycles. The van der Waals surface area contributed by atoms with Gasteiger partial charge in [0.1, 0.15) is 0 Å². The van der Waals surface area contributed by atoms with Gasteiger partial charge in [0, 0.05) is 0 Å². The van der Waals surface area contributed by atoms with Crippen LogP contribution in [0.2, 0.25) is 0 Å². The molecular weight excluding hydrogens is 290 g/mol. The number of para-hydroxylation sites is 2. The van der Waals surface area contributed by atoms with Crippen molar-refractivity contribution in [3.05, 3.63) is 66.5 Å². The third-order valence-corrected chi connectivity index (χ3v) is 3.92. The minimum absolute atomic E-state index is 0.129. The molecule has 5 nitrogen and oxygen atoms in total. The zero-order chi connectivity index (χ0) is 16.2. The molecule has 118 valence electrons. The van der Waals surface area contributed by atoms with E-state index in [1.807, 2.05) is 77.1 Å². The van der Waals surface area contributed by atoms with Gasteiger partial charge in [-0.3, -0.25) is 4.79 Å². The van der Waals surface area contributed by atoms with E-state index in [0.717, 1.165) is 16.6 Å². The average Bonchev–Trinajstić information content (AvgIpc) is 2.90. The van der Waals surface area contributed by atoms with Gasteiger partial charge < -0.3 is 10.4 Å². The summed E-state index contributed by atoms with van der Waals surface area (Å²) in [5.41, 5.74) is 2.97. The van der Waals surface area contributed by atoms with Crippen LogP contribution in [-0.4, -0.2) is 22.2 Å². The fraction of sp³-hybridized carbons (Fsp3) is 0.222. The minimum Gasteiger partial charge on any atom is -0.394 e. The van der Waals surface area contributed by atoms with E-state index in [1.165, 1.54) is 0 Å². The van der Waals surface area contributed by atoms with E-state index in [1.54, 1.807) is 0 Å². The standard InChI is InChI=1S/C18H19N3O2/c1-20-13-21(17-10-6-5-9-16(17)20)11-18(23)19-15(12-22)14-7-3-2-4-8-14/h2-10,13,15,22H,11-12H2,1H3/p+1/t15-/m1/s1. The van der Waals surface area contributed by atoms with Gasteiger partial charge in [0.15, 0.2) is 17.6 Å². The van der Waals surface area contributed by atoms with Crippen LogP contribution in [0.25, 0.3) is 11.0 Å². The number of aryl methyl sites for hydroxylation is 1. The molecule has 1 amide bonds. The summed E-state index contributed by atoms with van der Waals surface area (Å²) < 4.78 is 3.90. The third kappa shape index (κ3) is 3.24. The van der Waals surface area contributed by atoms with Crippen LogP contribution < -0.4 is 9.88 Å². The second-order valence-corrected chi connectivity index (χ2v) is 5.56. The van der Waals surface area contributed by atoms with Crippen LogP contribution in [0.4, 0.5) is 0 Å². The van der Waals surface area contributed by atoms with Crippen molar-refractivity contribution in [3.8, 4) is 0 Å². The summed E-state index contributed by atoms with van der Waals surface area (Å²) in [6.07, 6.45) is 1.90. The van der Waals surface area contributed by atoms with Crippen molar-refractivity contribution in [1.82, 2.24) is 9.88 Å². The number of carbonyl (C=O) groups is 1. The van der Waals surface area contributed by atoms with Crippen molar-refractivity contribution in [2.75, 3.05) is 6.61 Å². The monoisotopic (exact) mass is 310 g/mol. The summed E-state index contributed by atoms with van der Waals surface area (Å²) >= 11 is 0. The Bertz CT molecular complexity index is 812. The van der Waals surface area contributed by atoms with Crippen molar-refractivity contribution >= 4 is 16.9 Å². The second kappa shape index (κ2) is 6.62. The van der Waals surface area contributed by atoms with E-state index in [2.05, 4.69) is 5.32 Å². The van der Waals surface area contributed by atoms with Gasteiger partial charge in [-0.25, -0.2) is 9.13 Å². The Balaban J connectivity index is 1.76. The largest absolute Gasteiger partial charge is 0.394 e. The van der Waals surface area contributed by atoms with Crippen LogP contribution in [0.3, 0.4) is 0 Å². The first kappa shape index (κ1) is 15.2. The molecule has 1 atom stereocenters. The first-order valence-corrected chi connectivity index (χ1v) is 7.57. The number of aliphatic hydroxyl groups is 1. The van der Waals surface area contributed by atoms with Gasteiger partial charge >= 0.3 is 0 Å². The highest BCUT2D eigenvalue weighted by atomic mass is 16.3. The van der Waals surface area contributed by atoms with E-state index < -0.39 is 0 Å². The van der Waals surface area contributed by atoms with Crippen molar-refractivity contribution < 1.29 is 14.5 Å². The summed E-state index contributed by atoms with van der Waals surface area (Å²) in [5.74, 6) is -0.130. The van der Waals surface area contributed by atoms with Crippen LogP contribution >= 0.6 is 0 Å². The molecule has 3 aromatic rings. The number of aliphatic hydroxyl groups excluding tert-OH is 1. The predicted octanol–water partition coefficient (Wildman–Crippen LogP) is 1.32. The molecule has 3 rings (SSSR count). The van der Waals surface area contributed by atoms with E-state index in [9.17, 15) is 9.90 Å². The fourth-order valence-electron chi connectivity index (χ4n) is 2.78. The molecular formula is C18H20N3O2+. The maximum atomic E-state index is 12.4. The SMILES string of the molecule is C[n+]1cn(CC(=O)N[C@H](CO)c2ccccc2)c2ccccc21. The summed E-state index contributed by atoms with van der Waals surface area (Å²) in [4.78, 5) is 12.4. The average molecular weight is 310 g/mol. The van der Waals surface area contributed by atoms with E-state index in [-0.39, 0.29) is 25.1 Å². The molecule has 23 heavy (non-hydrogen) atoms. The van der Waals surface area contributed by atoms with Crippen LogP contribution in [0.5, 0.6) is 0 Å². The first-order valence-electron chi connectivity index (χ1n) is 7.57. The highest BCUT2D eigenvalue weighted by Gasteiger charge is 2.18. The zero-order valence-electron chi connectivity index (χ0n) is 13.0. The van der Waals surface area contributed by atoms with E-state index in [4.69, 9.17) is 0 Å². The van der Waals surface area contributed by atoms with Crippen LogP contribution in [0.1, 0.15) is 11.6 Å².